The number of aliphatic hydroxyl groups excluding tert-OH is 6. The molecule has 3 aromatic rings. The Hall–Kier alpha value is -3.51. The number of hydrogen-bond donors (Lipinski definition) is 9. The molecule has 0 saturated carbocycles. The summed E-state index contributed by atoms with van der Waals surface area (Å²) in [5.74, 6) is -2.33. The normalized spacial score (nSPS) is 33.5. The average molecular weight is 595 g/mol. The molecule has 2 aromatic carbocycles. The topological polar surface area (TPSA) is 249 Å². The molecule has 1 aromatic heterocycles. The van der Waals surface area contributed by atoms with Gasteiger partial charge in [-0.2, -0.15) is 0 Å². The van der Waals surface area contributed by atoms with Gasteiger partial charge in [0.2, 0.25) is 12.0 Å². The van der Waals surface area contributed by atoms with Crippen LogP contribution in [0.2, 0.25) is 0 Å². The van der Waals surface area contributed by atoms with Crippen molar-refractivity contribution >= 4 is 11.0 Å². The molecule has 42 heavy (non-hydrogen) atoms. The molecule has 9 N–H and O–H groups in total. The lowest BCUT2D eigenvalue weighted by Gasteiger charge is -2.45. The summed E-state index contributed by atoms with van der Waals surface area (Å²) in [6.45, 7) is 0.611. The SMILES string of the molecule is CC1O[C@@H](OC2[C@H](Oc3cc4oc(-c5ccc(O)cc5)cc(=O)c4c(O)c3O)OC(CO)[C@@H](O)[C@@H]2O)C(O)[C@@H](O)[C@H]1O. The molecule has 4 unspecified atom stereocenters. The van der Waals surface area contributed by atoms with Crippen LogP contribution >= 0.6 is 0 Å². The first kappa shape index (κ1) is 30.0. The van der Waals surface area contributed by atoms with Crippen LogP contribution in [0.5, 0.6) is 23.0 Å². The Balaban J connectivity index is 1.51. The summed E-state index contributed by atoms with van der Waals surface area (Å²) in [6.07, 6.45) is -16.1. The summed E-state index contributed by atoms with van der Waals surface area (Å²) in [5, 5.41) is 91.9. The van der Waals surface area contributed by atoms with Crippen LogP contribution in [-0.2, 0) is 14.2 Å². The van der Waals surface area contributed by atoms with E-state index < -0.39 is 90.7 Å². The minimum Gasteiger partial charge on any atom is -0.508 e. The number of hydrogen-bond acceptors (Lipinski definition) is 15. The molecule has 3 heterocycles. The molecule has 0 spiro atoms. The van der Waals surface area contributed by atoms with Crippen molar-refractivity contribution in [1.82, 2.24) is 0 Å². The minimum atomic E-state index is -1.84. The maximum absolute atomic E-state index is 12.8. The molecule has 2 aliphatic rings. The predicted octanol–water partition coefficient (Wildman–Crippen LogP) is -1.39. The second-order valence-corrected chi connectivity index (χ2v) is 10.1. The van der Waals surface area contributed by atoms with Crippen LogP contribution in [0.3, 0.4) is 0 Å². The Morgan fingerprint density at radius 3 is 2.17 bits per heavy atom. The maximum Gasteiger partial charge on any atom is 0.229 e. The Morgan fingerprint density at radius 2 is 1.50 bits per heavy atom. The highest BCUT2D eigenvalue weighted by Crippen LogP contribution is 2.43. The lowest BCUT2D eigenvalue weighted by Crippen LogP contribution is -2.64. The number of phenolic OH excluding ortho intramolecular Hbond substituents is 3. The fourth-order valence-corrected chi connectivity index (χ4v) is 4.83. The zero-order valence-electron chi connectivity index (χ0n) is 21.9. The molecule has 15 heteroatoms. The molecule has 0 amide bonds. The maximum atomic E-state index is 12.8. The van der Waals surface area contributed by atoms with Gasteiger partial charge in [0.1, 0.15) is 59.1 Å². The van der Waals surface area contributed by atoms with Gasteiger partial charge in [0, 0.05) is 17.7 Å². The summed E-state index contributed by atoms with van der Waals surface area (Å²) in [5.41, 5.74) is -0.548. The predicted molar refractivity (Wildman–Crippen MR) is 139 cm³/mol. The number of benzene rings is 2. The van der Waals surface area contributed by atoms with Gasteiger partial charge in [0.15, 0.2) is 29.3 Å². The van der Waals surface area contributed by atoms with Crippen LogP contribution < -0.4 is 10.2 Å². The standard InChI is InChI=1S/C27H30O15/c1-9-18(31)22(35)24(37)26(38-9)42-25-23(36)20(33)16(8-28)41-27(25)40-15-7-14-17(21(34)19(15)32)12(30)6-13(39-14)10-2-4-11(29)5-3-10/h2-7,9,16,18,20,22-29,31-37H,8H2,1H3/t9?,16?,18-,20+,22-,23-,24?,25?,26-,27+/m0/s1. The third kappa shape index (κ3) is 5.37. The molecule has 2 aliphatic heterocycles. The second-order valence-electron chi connectivity index (χ2n) is 10.1. The van der Waals surface area contributed by atoms with Gasteiger partial charge in [0.25, 0.3) is 0 Å². The smallest absolute Gasteiger partial charge is 0.229 e. The zero-order valence-corrected chi connectivity index (χ0v) is 21.9. The first-order valence-corrected chi connectivity index (χ1v) is 12.9. The lowest BCUT2D eigenvalue weighted by atomic mass is 9.97. The molecule has 15 nitrogen and oxygen atoms in total. The first-order chi connectivity index (χ1) is 19.9. The molecular formula is C27H30O15. The Kier molecular flexibility index (Phi) is 8.30. The highest BCUT2D eigenvalue weighted by molar-refractivity contribution is 5.89. The number of aromatic hydroxyl groups is 3. The highest BCUT2D eigenvalue weighted by atomic mass is 16.8. The van der Waals surface area contributed by atoms with Gasteiger partial charge in [-0.25, -0.2) is 0 Å². The summed E-state index contributed by atoms with van der Waals surface area (Å²) in [7, 11) is 0. The summed E-state index contributed by atoms with van der Waals surface area (Å²) < 4.78 is 28.1. The van der Waals surface area contributed by atoms with Gasteiger partial charge >= 0.3 is 0 Å². The van der Waals surface area contributed by atoms with E-state index in [0.717, 1.165) is 12.1 Å². The van der Waals surface area contributed by atoms with Gasteiger partial charge < -0.3 is 69.3 Å². The molecule has 10 atom stereocenters. The Morgan fingerprint density at radius 1 is 0.810 bits per heavy atom. The van der Waals surface area contributed by atoms with E-state index in [0.29, 0.717) is 5.56 Å². The molecule has 2 fully saturated rings. The van der Waals surface area contributed by atoms with Crippen molar-refractivity contribution in [2.75, 3.05) is 6.61 Å². The van der Waals surface area contributed by atoms with Gasteiger partial charge in [-0.15, -0.1) is 0 Å². The quantitative estimate of drug-likeness (QED) is 0.149. The molecule has 5 rings (SSSR count). The summed E-state index contributed by atoms with van der Waals surface area (Å²) in [6, 6.07) is 7.83. The highest BCUT2D eigenvalue weighted by Gasteiger charge is 2.51. The fourth-order valence-electron chi connectivity index (χ4n) is 4.83. The van der Waals surface area contributed by atoms with Crippen molar-refractivity contribution in [2.45, 2.75) is 68.3 Å². The van der Waals surface area contributed by atoms with E-state index in [-0.39, 0.29) is 22.5 Å². The van der Waals surface area contributed by atoms with Gasteiger partial charge in [-0.05, 0) is 31.2 Å². The largest absolute Gasteiger partial charge is 0.508 e. The van der Waals surface area contributed by atoms with Crippen LogP contribution in [0.4, 0.5) is 0 Å². The van der Waals surface area contributed by atoms with Crippen molar-refractivity contribution in [1.29, 1.82) is 0 Å². The van der Waals surface area contributed by atoms with E-state index in [2.05, 4.69) is 0 Å². The molecule has 0 aliphatic carbocycles. The number of ether oxygens (including phenoxy) is 4. The van der Waals surface area contributed by atoms with Gasteiger partial charge in [0.05, 0.1) is 12.7 Å². The number of aliphatic hydroxyl groups is 6. The summed E-state index contributed by atoms with van der Waals surface area (Å²) in [4.78, 5) is 12.8. The number of fused-ring (bicyclic) bond motifs is 1. The average Bonchev–Trinajstić information content (AvgIpc) is 2.96. The van der Waals surface area contributed by atoms with E-state index in [1.54, 1.807) is 0 Å². The third-order valence-corrected chi connectivity index (χ3v) is 7.25. The summed E-state index contributed by atoms with van der Waals surface area (Å²) >= 11 is 0. The fraction of sp³-hybridized carbons (Fsp3) is 0.444. The first-order valence-electron chi connectivity index (χ1n) is 12.9. The van der Waals surface area contributed by atoms with E-state index >= 15 is 0 Å². The minimum absolute atomic E-state index is 0.0239. The van der Waals surface area contributed by atoms with Crippen molar-refractivity contribution in [3.8, 4) is 34.3 Å². The van der Waals surface area contributed by atoms with Crippen molar-refractivity contribution in [2.24, 2.45) is 0 Å². The van der Waals surface area contributed by atoms with Crippen molar-refractivity contribution in [3.63, 3.8) is 0 Å². The molecule has 228 valence electrons. The van der Waals surface area contributed by atoms with Crippen LogP contribution in [0, 0.1) is 0 Å². The molecular weight excluding hydrogens is 564 g/mol. The monoisotopic (exact) mass is 594 g/mol. The van der Waals surface area contributed by atoms with E-state index in [9.17, 15) is 50.8 Å². The van der Waals surface area contributed by atoms with E-state index in [1.807, 2.05) is 0 Å². The van der Waals surface area contributed by atoms with E-state index in [4.69, 9.17) is 23.4 Å². The van der Waals surface area contributed by atoms with Gasteiger partial charge in [-0.1, -0.05) is 0 Å². The molecule has 0 radical (unpaired) electrons. The van der Waals surface area contributed by atoms with Crippen LogP contribution in [0.15, 0.2) is 45.6 Å². The second kappa shape index (κ2) is 11.6. The molecule has 0 bridgehead atoms. The molecule has 2 saturated heterocycles. The lowest BCUT2D eigenvalue weighted by molar-refractivity contribution is -0.354. The number of rotatable bonds is 6. The van der Waals surface area contributed by atoms with Crippen molar-refractivity contribution < 1.29 is 69.3 Å². The van der Waals surface area contributed by atoms with Crippen LogP contribution in [-0.4, -0.2) is 114 Å². The zero-order chi connectivity index (χ0) is 30.5. The van der Waals surface area contributed by atoms with Crippen LogP contribution in [0.1, 0.15) is 6.92 Å². The van der Waals surface area contributed by atoms with Crippen molar-refractivity contribution in [3.05, 3.63) is 46.6 Å². The van der Waals surface area contributed by atoms with Crippen LogP contribution in [0.25, 0.3) is 22.3 Å². The third-order valence-electron chi connectivity index (χ3n) is 7.25. The number of phenols is 3. The van der Waals surface area contributed by atoms with Gasteiger partial charge in [-0.3, -0.25) is 4.79 Å². The van der Waals surface area contributed by atoms with E-state index in [1.165, 1.54) is 31.2 Å². The Bertz CT molecular complexity index is 1470. The Labute approximate surface area is 236 Å².